The van der Waals surface area contributed by atoms with Crippen LogP contribution in [0.5, 0.6) is 5.75 Å². The minimum absolute atomic E-state index is 0.0211. The first-order chi connectivity index (χ1) is 13.9. The van der Waals surface area contributed by atoms with Gasteiger partial charge < -0.3 is 9.08 Å². The molecule has 6 nitrogen and oxygen atoms in total. The van der Waals surface area contributed by atoms with Crippen LogP contribution < -0.4 is 9.08 Å². The Morgan fingerprint density at radius 3 is 2.48 bits per heavy atom. The van der Waals surface area contributed by atoms with E-state index < -0.39 is 10.1 Å². The molecule has 0 spiro atoms. The summed E-state index contributed by atoms with van der Waals surface area (Å²) in [6.07, 6.45) is 4.50. The van der Waals surface area contributed by atoms with E-state index in [9.17, 15) is 13.2 Å². The molecule has 1 fully saturated rings. The summed E-state index contributed by atoms with van der Waals surface area (Å²) in [5, 5.41) is 0. The summed E-state index contributed by atoms with van der Waals surface area (Å²) < 4.78 is 31.1. The molecule has 1 aliphatic heterocycles. The summed E-state index contributed by atoms with van der Waals surface area (Å²) in [7, 11) is -3.93. The Morgan fingerprint density at radius 1 is 1.03 bits per heavy atom. The first-order valence-corrected chi connectivity index (χ1v) is 12.3. The van der Waals surface area contributed by atoms with E-state index in [1.54, 1.807) is 35.2 Å². The molecule has 2 aromatic rings. The zero-order chi connectivity index (χ0) is 20.9. The third kappa shape index (κ3) is 5.63. The molecule has 29 heavy (non-hydrogen) atoms. The SMILES string of the molecule is CCCCCCN1CCN(c2ccc(S(=O)(=O)Oc3cccc(I)c3)cc2)C1=O. The van der Waals surface area contributed by atoms with E-state index in [1.807, 2.05) is 11.0 Å². The average Bonchev–Trinajstić information content (AvgIpc) is 3.05. The van der Waals surface area contributed by atoms with Crippen LogP contribution in [0.3, 0.4) is 0 Å². The van der Waals surface area contributed by atoms with Gasteiger partial charge in [0.25, 0.3) is 0 Å². The molecule has 0 saturated carbocycles. The molecule has 2 aromatic carbocycles. The largest absolute Gasteiger partial charge is 0.379 e. The maximum absolute atomic E-state index is 12.6. The van der Waals surface area contributed by atoms with Gasteiger partial charge in [-0.2, -0.15) is 8.42 Å². The highest BCUT2D eigenvalue weighted by Gasteiger charge is 2.29. The van der Waals surface area contributed by atoms with Crippen LogP contribution >= 0.6 is 22.6 Å². The van der Waals surface area contributed by atoms with Crippen LogP contribution in [-0.4, -0.2) is 39.0 Å². The van der Waals surface area contributed by atoms with Gasteiger partial charge in [-0.3, -0.25) is 4.90 Å². The Hall–Kier alpha value is -1.81. The van der Waals surface area contributed by atoms with Crippen molar-refractivity contribution < 1.29 is 17.4 Å². The van der Waals surface area contributed by atoms with E-state index in [0.717, 1.165) is 23.0 Å². The fourth-order valence-corrected chi connectivity index (χ4v) is 4.68. The monoisotopic (exact) mass is 528 g/mol. The summed E-state index contributed by atoms with van der Waals surface area (Å²) in [6, 6.07) is 13.1. The number of carbonyl (C=O) groups is 1. The Kier molecular flexibility index (Phi) is 7.39. The van der Waals surface area contributed by atoms with E-state index in [0.29, 0.717) is 18.8 Å². The Morgan fingerprint density at radius 2 is 1.79 bits per heavy atom. The van der Waals surface area contributed by atoms with Crippen LogP contribution in [-0.2, 0) is 10.1 Å². The quantitative estimate of drug-likeness (QED) is 0.264. The van der Waals surface area contributed by atoms with E-state index in [1.165, 1.54) is 25.0 Å². The minimum Gasteiger partial charge on any atom is -0.379 e. The minimum atomic E-state index is -3.93. The molecule has 1 aliphatic rings. The highest BCUT2D eigenvalue weighted by atomic mass is 127. The Balaban J connectivity index is 1.64. The second-order valence-corrected chi connectivity index (χ2v) is 9.76. The van der Waals surface area contributed by atoms with Crippen molar-refractivity contribution in [3.63, 3.8) is 0 Å². The lowest BCUT2D eigenvalue weighted by Crippen LogP contribution is -2.32. The molecule has 0 N–H and O–H groups in total. The lowest BCUT2D eigenvalue weighted by Gasteiger charge is -2.19. The number of amides is 2. The highest BCUT2D eigenvalue weighted by molar-refractivity contribution is 14.1. The van der Waals surface area contributed by atoms with E-state index in [2.05, 4.69) is 29.5 Å². The number of benzene rings is 2. The molecule has 0 aliphatic carbocycles. The predicted molar refractivity (Wildman–Crippen MR) is 122 cm³/mol. The number of hydrogen-bond acceptors (Lipinski definition) is 4. The second-order valence-electron chi connectivity index (χ2n) is 6.97. The van der Waals surface area contributed by atoms with E-state index >= 15 is 0 Å². The Labute approximate surface area is 186 Å². The number of rotatable bonds is 9. The topological polar surface area (TPSA) is 66.9 Å². The zero-order valence-corrected chi connectivity index (χ0v) is 19.4. The van der Waals surface area contributed by atoms with Gasteiger partial charge in [-0.15, -0.1) is 0 Å². The van der Waals surface area contributed by atoms with Crippen LogP contribution in [0.25, 0.3) is 0 Å². The van der Waals surface area contributed by atoms with Gasteiger partial charge >= 0.3 is 16.1 Å². The molecule has 3 rings (SSSR count). The molecule has 0 unspecified atom stereocenters. The smallest absolute Gasteiger partial charge is 0.339 e. The van der Waals surface area contributed by atoms with Crippen molar-refractivity contribution in [1.29, 1.82) is 0 Å². The van der Waals surface area contributed by atoms with Gasteiger partial charge in [-0.1, -0.05) is 32.3 Å². The Bertz CT molecular complexity index is 947. The summed E-state index contributed by atoms with van der Waals surface area (Å²) >= 11 is 2.10. The standard InChI is InChI=1S/C21H25IN2O4S/c1-2-3-4-5-13-23-14-15-24(21(23)25)18-9-11-20(12-10-18)29(26,27)28-19-8-6-7-17(22)16-19/h6-12,16H,2-5,13-15H2,1H3. The van der Waals surface area contributed by atoms with Crippen molar-refractivity contribution in [3.8, 4) is 5.75 Å². The molecule has 0 radical (unpaired) electrons. The first kappa shape index (κ1) is 21.9. The molecule has 0 bridgehead atoms. The molecule has 156 valence electrons. The van der Waals surface area contributed by atoms with Crippen LogP contribution in [0.4, 0.5) is 10.5 Å². The second kappa shape index (κ2) is 9.80. The van der Waals surface area contributed by atoms with Crippen LogP contribution in [0.15, 0.2) is 53.4 Å². The first-order valence-electron chi connectivity index (χ1n) is 9.77. The fraction of sp³-hybridized carbons (Fsp3) is 0.381. The molecular formula is C21H25IN2O4S. The predicted octanol–water partition coefficient (Wildman–Crippen LogP) is 4.88. The molecule has 0 atom stereocenters. The van der Waals surface area contributed by atoms with Gasteiger partial charge in [0.1, 0.15) is 10.6 Å². The number of halogens is 1. The van der Waals surface area contributed by atoms with Crippen molar-refractivity contribution >= 4 is 44.4 Å². The van der Waals surface area contributed by atoms with Crippen molar-refractivity contribution in [2.45, 2.75) is 37.5 Å². The fourth-order valence-electron chi connectivity index (χ4n) is 3.25. The number of anilines is 1. The van der Waals surface area contributed by atoms with Gasteiger partial charge in [0.15, 0.2) is 0 Å². The number of carbonyl (C=O) groups excluding carboxylic acids is 1. The van der Waals surface area contributed by atoms with Gasteiger partial charge in [0.05, 0.1) is 0 Å². The summed E-state index contributed by atoms with van der Waals surface area (Å²) in [6.45, 7) is 4.24. The number of urea groups is 1. The van der Waals surface area contributed by atoms with Gasteiger partial charge in [0.2, 0.25) is 0 Å². The maximum atomic E-state index is 12.6. The van der Waals surface area contributed by atoms with Crippen molar-refractivity contribution in [2.75, 3.05) is 24.5 Å². The highest BCUT2D eigenvalue weighted by Crippen LogP contribution is 2.25. The summed E-state index contributed by atoms with van der Waals surface area (Å²) in [5.41, 5.74) is 0.694. The van der Waals surface area contributed by atoms with Crippen molar-refractivity contribution in [1.82, 2.24) is 4.90 Å². The average molecular weight is 528 g/mol. The number of nitrogens with zero attached hydrogens (tertiary/aromatic N) is 2. The molecular weight excluding hydrogens is 503 g/mol. The number of hydrogen-bond donors (Lipinski definition) is 0. The molecule has 0 aromatic heterocycles. The van der Waals surface area contributed by atoms with Gasteiger partial charge in [0, 0.05) is 28.9 Å². The number of unbranched alkanes of at least 4 members (excludes halogenated alkanes) is 3. The lowest BCUT2D eigenvalue weighted by atomic mass is 10.2. The van der Waals surface area contributed by atoms with Crippen molar-refractivity contribution in [3.05, 3.63) is 52.1 Å². The maximum Gasteiger partial charge on any atom is 0.339 e. The van der Waals surface area contributed by atoms with Crippen LogP contribution in [0.1, 0.15) is 32.6 Å². The zero-order valence-electron chi connectivity index (χ0n) is 16.4. The normalized spacial score (nSPS) is 14.5. The van der Waals surface area contributed by atoms with Crippen molar-refractivity contribution in [2.24, 2.45) is 0 Å². The molecule has 8 heteroatoms. The molecule has 1 heterocycles. The summed E-state index contributed by atoms with van der Waals surface area (Å²) in [4.78, 5) is 16.2. The van der Waals surface area contributed by atoms with Crippen LogP contribution in [0, 0.1) is 3.57 Å². The van der Waals surface area contributed by atoms with Gasteiger partial charge in [-0.05, 0) is 71.5 Å². The molecule has 1 saturated heterocycles. The summed E-state index contributed by atoms with van der Waals surface area (Å²) in [5.74, 6) is 0.273. The molecule has 2 amide bonds. The third-order valence-corrected chi connectivity index (χ3v) is 6.75. The van der Waals surface area contributed by atoms with Gasteiger partial charge in [-0.25, -0.2) is 4.79 Å². The van der Waals surface area contributed by atoms with Crippen LogP contribution in [0.2, 0.25) is 0 Å². The van der Waals surface area contributed by atoms with E-state index in [-0.39, 0.29) is 16.7 Å². The van der Waals surface area contributed by atoms with E-state index in [4.69, 9.17) is 4.18 Å². The lowest BCUT2D eigenvalue weighted by molar-refractivity contribution is 0.219. The third-order valence-electron chi connectivity index (χ3n) is 4.82.